The summed E-state index contributed by atoms with van der Waals surface area (Å²) < 4.78 is 2.77. The third-order valence-corrected chi connectivity index (χ3v) is 3.96. The maximum Gasteiger partial charge on any atom is 0.182 e. The van der Waals surface area contributed by atoms with Crippen molar-refractivity contribution in [3.63, 3.8) is 0 Å². The highest BCUT2D eigenvalue weighted by Gasteiger charge is 2.12. The van der Waals surface area contributed by atoms with Gasteiger partial charge >= 0.3 is 0 Å². The molecule has 0 saturated carbocycles. The number of hydrogen-bond acceptors (Lipinski definition) is 1. The smallest absolute Gasteiger partial charge is 0.182 e. The molecule has 102 valence electrons. The van der Waals surface area contributed by atoms with Crippen molar-refractivity contribution < 1.29 is 0 Å². The van der Waals surface area contributed by atoms with Crippen molar-refractivity contribution in [2.75, 3.05) is 0 Å². The van der Waals surface area contributed by atoms with E-state index in [4.69, 9.17) is 23.8 Å². The zero-order valence-electron chi connectivity index (χ0n) is 11.4. The van der Waals surface area contributed by atoms with Gasteiger partial charge in [0.1, 0.15) is 0 Å². The summed E-state index contributed by atoms with van der Waals surface area (Å²) in [6, 6.07) is 14.2. The van der Waals surface area contributed by atoms with Crippen molar-refractivity contribution in [2.24, 2.45) is 0 Å². The minimum absolute atomic E-state index is 0.436. The largest absolute Gasteiger partial charge is 0.330 e. The van der Waals surface area contributed by atoms with Crippen LogP contribution in [0.1, 0.15) is 25.3 Å². The molecule has 0 bridgehead atoms. The highest BCUT2D eigenvalue weighted by atomic mass is 35.5. The van der Waals surface area contributed by atoms with Gasteiger partial charge in [0.15, 0.2) is 4.77 Å². The number of H-pyrrole nitrogens is 1. The summed E-state index contributed by atoms with van der Waals surface area (Å²) >= 11 is 11.5. The summed E-state index contributed by atoms with van der Waals surface area (Å²) in [7, 11) is 0. The average molecular weight is 303 g/mol. The van der Waals surface area contributed by atoms with Crippen molar-refractivity contribution in [3.05, 3.63) is 57.8 Å². The second kappa shape index (κ2) is 5.08. The summed E-state index contributed by atoms with van der Waals surface area (Å²) in [6.07, 6.45) is 0. The molecule has 1 N–H and O–H groups in total. The number of fused-ring (bicyclic) bond motifs is 1. The molecule has 0 atom stereocenters. The van der Waals surface area contributed by atoms with Crippen LogP contribution in [0.15, 0.2) is 42.5 Å². The van der Waals surface area contributed by atoms with E-state index >= 15 is 0 Å². The lowest BCUT2D eigenvalue weighted by Crippen LogP contribution is -2.01. The van der Waals surface area contributed by atoms with Crippen LogP contribution in [0, 0.1) is 4.77 Å². The van der Waals surface area contributed by atoms with Gasteiger partial charge in [-0.2, -0.15) is 0 Å². The summed E-state index contributed by atoms with van der Waals surface area (Å²) in [4.78, 5) is 3.23. The molecule has 0 fully saturated rings. The number of aromatic nitrogens is 2. The normalized spacial score (nSPS) is 11.4. The Kier molecular flexibility index (Phi) is 3.40. The molecule has 0 spiro atoms. The Morgan fingerprint density at radius 3 is 2.65 bits per heavy atom. The van der Waals surface area contributed by atoms with E-state index in [9.17, 15) is 0 Å². The predicted molar refractivity (Wildman–Crippen MR) is 87.6 cm³/mol. The molecule has 2 aromatic carbocycles. The Hall–Kier alpha value is -1.58. The Labute approximate surface area is 128 Å². The van der Waals surface area contributed by atoms with E-state index in [0.717, 1.165) is 16.7 Å². The summed E-state index contributed by atoms with van der Waals surface area (Å²) in [6.45, 7) is 4.38. The maximum absolute atomic E-state index is 6.04. The number of hydrogen-bond donors (Lipinski definition) is 1. The fourth-order valence-electron chi connectivity index (χ4n) is 2.50. The van der Waals surface area contributed by atoms with E-state index in [1.807, 2.05) is 24.3 Å². The van der Waals surface area contributed by atoms with Crippen molar-refractivity contribution >= 4 is 34.9 Å². The van der Waals surface area contributed by atoms with Gasteiger partial charge in [0.05, 0.1) is 16.7 Å². The number of imidazole rings is 1. The number of nitrogens with one attached hydrogen (secondary N) is 1. The number of para-hydroxylation sites is 1. The predicted octanol–water partition coefficient (Wildman–Crippen LogP) is 5.46. The van der Waals surface area contributed by atoms with Gasteiger partial charge in [-0.25, -0.2) is 0 Å². The second-order valence-electron chi connectivity index (χ2n) is 5.14. The molecular weight excluding hydrogens is 288 g/mol. The highest BCUT2D eigenvalue weighted by molar-refractivity contribution is 7.71. The van der Waals surface area contributed by atoms with Crippen LogP contribution in [-0.4, -0.2) is 9.55 Å². The van der Waals surface area contributed by atoms with Gasteiger partial charge in [0.25, 0.3) is 0 Å². The Bertz CT molecular complexity index is 830. The fraction of sp³-hybridized carbons (Fsp3) is 0.188. The van der Waals surface area contributed by atoms with Crippen molar-refractivity contribution in [3.8, 4) is 5.69 Å². The molecule has 0 unspecified atom stereocenters. The van der Waals surface area contributed by atoms with E-state index < -0.39 is 0 Å². The average Bonchev–Trinajstić information content (AvgIpc) is 2.73. The van der Waals surface area contributed by atoms with E-state index in [1.54, 1.807) is 0 Å². The molecule has 0 saturated heterocycles. The third kappa shape index (κ3) is 2.17. The molecule has 4 heteroatoms. The van der Waals surface area contributed by atoms with E-state index in [-0.39, 0.29) is 0 Å². The zero-order valence-corrected chi connectivity index (χ0v) is 12.9. The second-order valence-corrected chi connectivity index (χ2v) is 5.96. The molecular formula is C16H15ClN2S. The monoisotopic (exact) mass is 302 g/mol. The zero-order chi connectivity index (χ0) is 14.3. The first kappa shape index (κ1) is 13.4. The van der Waals surface area contributed by atoms with Gasteiger partial charge in [-0.05, 0) is 48.0 Å². The van der Waals surface area contributed by atoms with Gasteiger partial charge in [0.2, 0.25) is 0 Å². The van der Waals surface area contributed by atoms with E-state index in [2.05, 4.69) is 41.6 Å². The molecule has 1 aromatic heterocycles. The van der Waals surface area contributed by atoms with Crippen LogP contribution in [-0.2, 0) is 0 Å². The van der Waals surface area contributed by atoms with E-state index in [0.29, 0.717) is 15.7 Å². The Balaban J connectivity index is 2.36. The molecule has 3 aromatic rings. The SMILES string of the molecule is CC(C)c1ccccc1-n1c(=S)[nH]c2cc(Cl)ccc21. The van der Waals surface area contributed by atoms with Crippen LogP contribution in [0.2, 0.25) is 5.02 Å². The molecule has 2 nitrogen and oxygen atoms in total. The van der Waals surface area contributed by atoms with Crippen LogP contribution in [0.5, 0.6) is 0 Å². The first-order valence-electron chi connectivity index (χ1n) is 6.57. The van der Waals surface area contributed by atoms with Crippen LogP contribution in [0.25, 0.3) is 16.7 Å². The topological polar surface area (TPSA) is 20.7 Å². The molecule has 0 aliphatic carbocycles. The first-order chi connectivity index (χ1) is 9.58. The van der Waals surface area contributed by atoms with Crippen molar-refractivity contribution in [1.29, 1.82) is 0 Å². The minimum atomic E-state index is 0.436. The summed E-state index contributed by atoms with van der Waals surface area (Å²) in [5, 5.41) is 0.707. The molecule has 20 heavy (non-hydrogen) atoms. The first-order valence-corrected chi connectivity index (χ1v) is 7.36. The molecule has 3 rings (SSSR count). The van der Waals surface area contributed by atoms with Crippen molar-refractivity contribution in [1.82, 2.24) is 9.55 Å². The molecule has 0 aliphatic heterocycles. The summed E-state index contributed by atoms with van der Waals surface area (Å²) in [5.41, 5.74) is 4.41. The van der Waals surface area contributed by atoms with Crippen LogP contribution >= 0.6 is 23.8 Å². The molecule has 1 heterocycles. The Morgan fingerprint density at radius 1 is 1.15 bits per heavy atom. The number of nitrogens with zero attached hydrogens (tertiary/aromatic N) is 1. The number of aromatic amines is 1. The van der Waals surface area contributed by atoms with Gasteiger partial charge in [-0.15, -0.1) is 0 Å². The number of benzene rings is 2. The maximum atomic E-state index is 6.04. The van der Waals surface area contributed by atoms with Crippen LogP contribution in [0.4, 0.5) is 0 Å². The molecule has 0 amide bonds. The fourth-order valence-corrected chi connectivity index (χ4v) is 2.98. The lowest BCUT2D eigenvalue weighted by Gasteiger charge is -2.14. The lowest BCUT2D eigenvalue weighted by atomic mass is 10.0. The minimum Gasteiger partial charge on any atom is -0.330 e. The Morgan fingerprint density at radius 2 is 1.90 bits per heavy atom. The molecule has 0 radical (unpaired) electrons. The van der Waals surface area contributed by atoms with Gasteiger partial charge in [-0.1, -0.05) is 43.6 Å². The lowest BCUT2D eigenvalue weighted by molar-refractivity contribution is 0.848. The van der Waals surface area contributed by atoms with Crippen LogP contribution in [0.3, 0.4) is 0 Å². The summed E-state index contributed by atoms with van der Waals surface area (Å²) in [5.74, 6) is 0.436. The van der Waals surface area contributed by atoms with Gasteiger partial charge < -0.3 is 4.98 Å². The van der Waals surface area contributed by atoms with Crippen LogP contribution < -0.4 is 0 Å². The van der Waals surface area contributed by atoms with Gasteiger partial charge in [-0.3, -0.25) is 4.57 Å². The number of rotatable bonds is 2. The van der Waals surface area contributed by atoms with Crippen molar-refractivity contribution in [2.45, 2.75) is 19.8 Å². The number of halogens is 1. The van der Waals surface area contributed by atoms with Gasteiger partial charge in [0, 0.05) is 5.02 Å². The highest BCUT2D eigenvalue weighted by Crippen LogP contribution is 2.27. The third-order valence-electron chi connectivity index (χ3n) is 3.44. The standard InChI is InChI=1S/C16H15ClN2S/c1-10(2)12-5-3-4-6-14(12)19-15-8-7-11(17)9-13(15)18-16(19)20/h3-10H,1-2H3,(H,18,20). The quantitative estimate of drug-likeness (QED) is 0.623. The van der Waals surface area contributed by atoms with E-state index in [1.165, 1.54) is 5.56 Å². The molecule has 0 aliphatic rings.